The van der Waals surface area contributed by atoms with Gasteiger partial charge in [-0.2, -0.15) is 0 Å². The van der Waals surface area contributed by atoms with E-state index >= 15 is 0 Å². The smallest absolute Gasteiger partial charge is 0.293 e. The van der Waals surface area contributed by atoms with E-state index in [0.29, 0.717) is 5.82 Å². The third-order valence-electron chi connectivity index (χ3n) is 5.01. The second-order valence-corrected chi connectivity index (χ2v) is 6.88. The highest BCUT2D eigenvalue weighted by molar-refractivity contribution is 5.91. The molecule has 1 aromatic heterocycles. The lowest BCUT2D eigenvalue weighted by Crippen LogP contribution is -2.30. The van der Waals surface area contributed by atoms with Crippen LogP contribution < -0.4 is 0 Å². The van der Waals surface area contributed by atoms with E-state index in [1.54, 1.807) is 16.6 Å². The first-order valence-electron chi connectivity index (χ1n) is 9.55. The minimum absolute atomic E-state index is 0.0902. The van der Waals surface area contributed by atoms with Gasteiger partial charge in [-0.05, 0) is 24.6 Å². The van der Waals surface area contributed by atoms with Gasteiger partial charge in [-0.15, -0.1) is 5.10 Å². The third kappa shape index (κ3) is 3.80. The summed E-state index contributed by atoms with van der Waals surface area (Å²) in [7, 11) is 1.78. The molecule has 1 heterocycles. The van der Waals surface area contributed by atoms with E-state index in [1.807, 2.05) is 97.9 Å². The van der Waals surface area contributed by atoms with Gasteiger partial charge in [-0.1, -0.05) is 78.9 Å². The van der Waals surface area contributed by atoms with Gasteiger partial charge in [0, 0.05) is 12.6 Å². The number of hydrogen-bond acceptors (Lipinski definition) is 3. The average Bonchev–Trinajstić information content (AvgIpc) is 3.25. The first-order valence-corrected chi connectivity index (χ1v) is 9.55. The van der Waals surface area contributed by atoms with Crippen molar-refractivity contribution in [2.24, 2.45) is 0 Å². The predicted octanol–water partition coefficient (Wildman–Crippen LogP) is 4.77. The Labute approximate surface area is 170 Å². The molecular formula is C24H22N4O. The summed E-state index contributed by atoms with van der Waals surface area (Å²) in [4.78, 5) is 19.5. The molecule has 4 aromatic rings. The van der Waals surface area contributed by atoms with E-state index < -0.39 is 0 Å². The van der Waals surface area contributed by atoms with Crippen LogP contribution in [0.4, 0.5) is 0 Å². The first kappa shape index (κ1) is 18.6. The average molecular weight is 382 g/mol. The molecule has 1 amide bonds. The first-order chi connectivity index (χ1) is 14.1. The van der Waals surface area contributed by atoms with Gasteiger partial charge in [0.15, 0.2) is 5.82 Å². The molecule has 5 nitrogen and oxygen atoms in total. The molecule has 0 bridgehead atoms. The van der Waals surface area contributed by atoms with Gasteiger partial charge in [0.25, 0.3) is 5.91 Å². The molecular weight excluding hydrogens is 360 g/mol. The molecule has 0 N–H and O–H groups in total. The molecule has 5 heteroatoms. The van der Waals surface area contributed by atoms with Crippen molar-refractivity contribution in [3.8, 4) is 17.1 Å². The lowest BCUT2D eigenvalue weighted by atomic mass is 10.1. The highest BCUT2D eigenvalue weighted by atomic mass is 16.2. The fourth-order valence-electron chi connectivity index (χ4n) is 3.21. The Balaban J connectivity index is 1.73. The van der Waals surface area contributed by atoms with Crippen molar-refractivity contribution in [2.45, 2.75) is 13.0 Å². The minimum Gasteiger partial charge on any atom is -0.332 e. The number of hydrogen-bond donors (Lipinski definition) is 0. The Bertz CT molecular complexity index is 1030. The maximum absolute atomic E-state index is 13.2. The van der Waals surface area contributed by atoms with Crippen molar-refractivity contribution in [3.63, 3.8) is 0 Å². The second-order valence-electron chi connectivity index (χ2n) is 6.88. The molecule has 0 aliphatic carbocycles. The summed E-state index contributed by atoms with van der Waals surface area (Å²) in [6, 6.07) is 29.4. The van der Waals surface area contributed by atoms with E-state index in [9.17, 15) is 4.79 Å². The number of amides is 1. The molecule has 29 heavy (non-hydrogen) atoms. The summed E-state index contributed by atoms with van der Waals surface area (Å²) < 4.78 is 1.73. The normalized spacial score (nSPS) is 11.8. The van der Waals surface area contributed by atoms with Crippen molar-refractivity contribution in [2.75, 3.05) is 7.05 Å². The quantitative estimate of drug-likeness (QED) is 0.500. The van der Waals surface area contributed by atoms with Crippen molar-refractivity contribution in [3.05, 3.63) is 102 Å². The van der Waals surface area contributed by atoms with Crippen LogP contribution in [0.1, 0.15) is 29.1 Å². The fourth-order valence-corrected chi connectivity index (χ4v) is 3.21. The number of carbonyl (C=O) groups is 1. The van der Waals surface area contributed by atoms with Gasteiger partial charge in [0.05, 0.1) is 11.7 Å². The Kier molecular flexibility index (Phi) is 5.20. The van der Waals surface area contributed by atoms with Crippen molar-refractivity contribution in [1.29, 1.82) is 0 Å². The lowest BCUT2D eigenvalue weighted by molar-refractivity contribution is 0.0730. The van der Waals surface area contributed by atoms with Crippen LogP contribution in [0.15, 0.2) is 91.0 Å². The van der Waals surface area contributed by atoms with E-state index in [0.717, 1.165) is 16.8 Å². The molecule has 0 spiro atoms. The summed E-state index contributed by atoms with van der Waals surface area (Å²) in [6.07, 6.45) is 0. The zero-order valence-corrected chi connectivity index (χ0v) is 16.4. The van der Waals surface area contributed by atoms with Crippen LogP contribution in [0.3, 0.4) is 0 Å². The summed E-state index contributed by atoms with van der Waals surface area (Å²) in [5, 5.41) is 4.57. The van der Waals surface area contributed by atoms with Crippen molar-refractivity contribution in [1.82, 2.24) is 19.7 Å². The number of benzene rings is 3. The topological polar surface area (TPSA) is 51.0 Å². The summed E-state index contributed by atoms with van der Waals surface area (Å²) in [5.74, 6) is 0.604. The Hall–Kier alpha value is -3.73. The Morgan fingerprint density at radius 2 is 1.41 bits per heavy atom. The van der Waals surface area contributed by atoms with E-state index in [-0.39, 0.29) is 17.8 Å². The van der Waals surface area contributed by atoms with E-state index in [4.69, 9.17) is 0 Å². The minimum atomic E-state index is -0.215. The molecule has 0 aliphatic rings. The Morgan fingerprint density at radius 3 is 2.03 bits per heavy atom. The molecule has 0 aliphatic heterocycles. The third-order valence-corrected chi connectivity index (χ3v) is 5.01. The van der Waals surface area contributed by atoms with Crippen molar-refractivity contribution >= 4 is 5.91 Å². The van der Waals surface area contributed by atoms with Crippen LogP contribution in [0.2, 0.25) is 0 Å². The van der Waals surface area contributed by atoms with Gasteiger partial charge in [-0.25, -0.2) is 9.67 Å². The molecule has 1 atom stereocenters. The highest BCUT2D eigenvalue weighted by Crippen LogP contribution is 2.23. The van der Waals surface area contributed by atoms with E-state index in [1.165, 1.54) is 0 Å². The zero-order chi connectivity index (χ0) is 20.2. The molecule has 3 aromatic carbocycles. The van der Waals surface area contributed by atoms with Gasteiger partial charge in [-0.3, -0.25) is 4.79 Å². The summed E-state index contributed by atoms with van der Waals surface area (Å²) in [5.41, 5.74) is 2.83. The van der Waals surface area contributed by atoms with Crippen LogP contribution in [0.5, 0.6) is 0 Å². The van der Waals surface area contributed by atoms with Gasteiger partial charge < -0.3 is 4.90 Å². The van der Waals surface area contributed by atoms with Gasteiger partial charge in [0.2, 0.25) is 5.82 Å². The molecule has 0 radical (unpaired) electrons. The number of para-hydroxylation sites is 1. The summed E-state index contributed by atoms with van der Waals surface area (Å²) in [6.45, 7) is 2.00. The largest absolute Gasteiger partial charge is 0.332 e. The summed E-state index contributed by atoms with van der Waals surface area (Å²) >= 11 is 0. The molecule has 4 rings (SSSR count). The highest BCUT2D eigenvalue weighted by Gasteiger charge is 2.24. The molecule has 0 fully saturated rings. The van der Waals surface area contributed by atoms with Gasteiger partial charge in [0.1, 0.15) is 0 Å². The molecule has 144 valence electrons. The van der Waals surface area contributed by atoms with Crippen LogP contribution in [0, 0.1) is 0 Å². The lowest BCUT2D eigenvalue weighted by Gasteiger charge is -2.24. The second kappa shape index (κ2) is 8.10. The monoisotopic (exact) mass is 382 g/mol. The van der Waals surface area contributed by atoms with Crippen LogP contribution in [-0.4, -0.2) is 32.6 Å². The molecule has 0 saturated heterocycles. The van der Waals surface area contributed by atoms with Crippen LogP contribution in [0.25, 0.3) is 17.1 Å². The van der Waals surface area contributed by atoms with Crippen LogP contribution in [-0.2, 0) is 0 Å². The number of aromatic nitrogens is 3. The van der Waals surface area contributed by atoms with Crippen LogP contribution >= 0.6 is 0 Å². The number of carbonyl (C=O) groups excluding carboxylic acids is 1. The standard InChI is InChI=1S/C24H22N4O/c1-18(19-12-6-3-7-13-19)27(2)24(29)22-25-23(20-14-8-4-9-15-20)28(26-22)21-16-10-5-11-17-21/h3-18H,1-2H3. The predicted molar refractivity (Wildman–Crippen MR) is 114 cm³/mol. The maximum atomic E-state index is 13.2. The maximum Gasteiger partial charge on any atom is 0.293 e. The number of nitrogens with zero attached hydrogens (tertiary/aromatic N) is 4. The van der Waals surface area contributed by atoms with Crippen molar-refractivity contribution < 1.29 is 4.79 Å². The SMILES string of the molecule is CC(c1ccccc1)N(C)C(=O)c1nc(-c2ccccc2)n(-c2ccccc2)n1. The molecule has 0 saturated carbocycles. The zero-order valence-electron chi connectivity index (χ0n) is 16.4. The van der Waals surface area contributed by atoms with E-state index in [2.05, 4.69) is 10.1 Å². The number of rotatable bonds is 5. The Morgan fingerprint density at radius 1 is 0.862 bits per heavy atom. The fraction of sp³-hybridized carbons (Fsp3) is 0.125. The molecule has 1 unspecified atom stereocenters. The van der Waals surface area contributed by atoms with Gasteiger partial charge >= 0.3 is 0 Å².